The smallest absolute Gasteiger partial charge is 0.0270 e. The molecule has 13 heavy (non-hydrogen) atoms. The van der Waals surface area contributed by atoms with Crippen molar-refractivity contribution < 1.29 is 0 Å². The maximum Gasteiger partial charge on any atom is 0.0270 e. The summed E-state index contributed by atoms with van der Waals surface area (Å²) in [6.07, 6.45) is 5.74. The van der Waals surface area contributed by atoms with Crippen LogP contribution in [-0.4, -0.2) is 18.1 Å². The number of nitrogens with two attached hydrogens (primary N) is 2. The molecule has 0 bridgehead atoms. The molecule has 0 fully saturated rings. The first-order valence-electron chi connectivity index (χ1n) is 4.66. The van der Waals surface area contributed by atoms with E-state index in [1.165, 1.54) is 5.56 Å². The second-order valence-electron chi connectivity index (χ2n) is 3.23. The first kappa shape index (κ1) is 10.2. The quantitative estimate of drug-likeness (QED) is 0.693. The summed E-state index contributed by atoms with van der Waals surface area (Å²) in [6.45, 7) is 1.36. The first-order valence-corrected chi connectivity index (χ1v) is 4.66. The van der Waals surface area contributed by atoms with Gasteiger partial charge in [-0.2, -0.15) is 0 Å². The second kappa shape index (κ2) is 5.67. The van der Waals surface area contributed by atoms with Crippen LogP contribution in [0.5, 0.6) is 0 Å². The Kier molecular flexibility index (Phi) is 4.43. The van der Waals surface area contributed by atoms with Gasteiger partial charge in [-0.05, 0) is 49.5 Å². The van der Waals surface area contributed by atoms with Crippen LogP contribution in [0.1, 0.15) is 12.0 Å². The zero-order valence-electron chi connectivity index (χ0n) is 7.82. The molecule has 4 N–H and O–H groups in total. The van der Waals surface area contributed by atoms with E-state index in [1.807, 2.05) is 24.5 Å². The molecule has 0 aliphatic carbocycles. The summed E-state index contributed by atoms with van der Waals surface area (Å²) in [4.78, 5) is 3.96. The lowest BCUT2D eigenvalue weighted by Gasteiger charge is -2.10. The Balaban J connectivity index is 2.34. The molecule has 0 saturated heterocycles. The van der Waals surface area contributed by atoms with E-state index in [0.29, 0.717) is 19.0 Å². The van der Waals surface area contributed by atoms with E-state index < -0.39 is 0 Å². The lowest BCUT2D eigenvalue weighted by molar-refractivity contribution is 0.507. The van der Waals surface area contributed by atoms with Crippen LogP contribution in [0.2, 0.25) is 0 Å². The molecule has 0 aliphatic heterocycles. The molecule has 0 amide bonds. The molecule has 0 atom stereocenters. The Labute approximate surface area is 79.2 Å². The predicted molar refractivity (Wildman–Crippen MR) is 54.2 cm³/mol. The van der Waals surface area contributed by atoms with Crippen molar-refractivity contribution in [3.05, 3.63) is 30.1 Å². The average molecular weight is 179 g/mol. The predicted octanol–water partition coefficient (Wildman–Crippen LogP) is 0.548. The number of aryl methyl sites for hydroxylation is 1. The average Bonchev–Trinajstić information content (AvgIpc) is 2.21. The topological polar surface area (TPSA) is 64.9 Å². The largest absolute Gasteiger partial charge is 0.330 e. The van der Waals surface area contributed by atoms with Gasteiger partial charge in [0.15, 0.2) is 0 Å². The minimum absolute atomic E-state index is 0.452. The minimum Gasteiger partial charge on any atom is -0.330 e. The fourth-order valence-electron chi connectivity index (χ4n) is 1.25. The third-order valence-corrected chi connectivity index (χ3v) is 2.26. The van der Waals surface area contributed by atoms with Crippen LogP contribution >= 0.6 is 0 Å². The number of pyridine rings is 1. The monoisotopic (exact) mass is 179 g/mol. The SMILES string of the molecule is NCC(CN)CCc1ccncc1. The van der Waals surface area contributed by atoms with Crippen molar-refractivity contribution in [2.24, 2.45) is 17.4 Å². The van der Waals surface area contributed by atoms with Crippen LogP contribution in [0.4, 0.5) is 0 Å². The van der Waals surface area contributed by atoms with Gasteiger partial charge >= 0.3 is 0 Å². The van der Waals surface area contributed by atoms with Crippen molar-refractivity contribution in [3.8, 4) is 0 Å². The second-order valence-corrected chi connectivity index (χ2v) is 3.23. The molecule has 1 heterocycles. The summed E-state index contributed by atoms with van der Waals surface area (Å²) in [5.41, 5.74) is 12.4. The number of rotatable bonds is 5. The van der Waals surface area contributed by atoms with Crippen LogP contribution in [0, 0.1) is 5.92 Å². The molecule has 0 aromatic carbocycles. The zero-order valence-corrected chi connectivity index (χ0v) is 7.82. The van der Waals surface area contributed by atoms with Crippen molar-refractivity contribution in [2.75, 3.05) is 13.1 Å². The van der Waals surface area contributed by atoms with E-state index in [9.17, 15) is 0 Å². The standard InChI is InChI=1S/C10H17N3/c11-7-10(8-12)2-1-9-3-5-13-6-4-9/h3-6,10H,1-2,7-8,11-12H2. The summed E-state index contributed by atoms with van der Waals surface area (Å²) < 4.78 is 0. The fourth-order valence-corrected chi connectivity index (χ4v) is 1.25. The number of nitrogens with zero attached hydrogens (tertiary/aromatic N) is 1. The molecule has 0 unspecified atom stereocenters. The van der Waals surface area contributed by atoms with Gasteiger partial charge < -0.3 is 11.5 Å². The third-order valence-electron chi connectivity index (χ3n) is 2.26. The lowest BCUT2D eigenvalue weighted by atomic mass is 10.0. The van der Waals surface area contributed by atoms with Gasteiger partial charge in [0.05, 0.1) is 0 Å². The van der Waals surface area contributed by atoms with Crippen molar-refractivity contribution in [1.29, 1.82) is 0 Å². The van der Waals surface area contributed by atoms with E-state index in [1.54, 1.807) is 0 Å². The summed E-state index contributed by atoms with van der Waals surface area (Å²) in [5, 5.41) is 0. The molecule has 0 radical (unpaired) electrons. The Bertz CT molecular complexity index is 219. The molecule has 1 aromatic rings. The normalized spacial score (nSPS) is 10.7. The summed E-state index contributed by atoms with van der Waals surface area (Å²) in [6, 6.07) is 4.06. The number of aromatic nitrogens is 1. The highest BCUT2D eigenvalue weighted by molar-refractivity contribution is 5.09. The fraction of sp³-hybridized carbons (Fsp3) is 0.500. The van der Waals surface area contributed by atoms with Gasteiger partial charge in [-0.3, -0.25) is 4.98 Å². The molecule has 0 saturated carbocycles. The maximum atomic E-state index is 5.56. The highest BCUT2D eigenvalue weighted by Gasteiger charge is 2.03. The Morgan fingerprint density at radius 3 is 2.31 bits per heavy atom. The van der Waals surface area contributed by atoms with E-state index in [2.05, 4.69) is 4.98 Å². The maximum absolute atomic E-state index is 5.56. The zero-order chi connectivity index (χ0) is 9.52. The van der Waals surface area contributed by atoms with E-state index in [4.69, 9.17) is 11.5 Å². The molecular weight excluding hydrogens is 162 g/mol. The number of hydrogen-bond donors (Lipinski definition) is 2. The van der Waals surface area contributed by atoms with Gasteiger partial charge in [0.1, 0.15) is 0 Å². The number of hydrogen-bond acceptors (Lipinski definition) is 3. The third kappa shape index (κ3) is 3.53. The Morgan fingerprint density at radius 2 is 1.77 bits per heavy atom. The van der Waals surface area contributed by atoms with Gasteiger partial charge in [-0.25, -0.2) is 0 Å². The summed E-state index contributed by atoms with van der Waals surface area (Å²) in [7, 11) is 0. The van der Waals surface area contributed by atoms with E-state index in [0.717, 1.165) is 12.8 Å². The lowest BCUT2D eigenvalue weighted by Crippen LogP contribution is -2.23. The van der Waals surface area contributed by atoms with Crippen molar-refractivity contribution in [2.45, 2.75) is 12.8 Å². The molecule has 3 nitrogen and oxygen atoms in total. The molecule has 0 spiro atoms. The van der Waals surface area contributed by atoms with Crippen LogP contribution < -0.4 is 11.5 Å². The van der Waals surface area contributed by atoms with Crippen molar-refractivity contribution in [3.63, 3.8) is 0 Å². The highest BCUT2D eigenvalue weighted by atomic mass is 14.6. The first-order chi connectivity index (χ1) is 6.36. The summed E-state index contributed by atoms with van der Waals surface area (Å²) in [5.74, 6) is 0.452. The van der Waals surface area contributed by atoms with E-state index >= 15 is 0 Å². The molecular formula is C10H17N3. The van der Waals surface area contributed by atoms with Gasteiger partial charge in [0, 0.05) is 12.4 Å². The summed E-state index contributed by atoms with van der Waals surface area (Å²) >= 11 is 0. The van der Waals surface area contributed by atoms with Crippen LogP contribution in [0.15, 0.2) is 24.5 Å². The molecule has 3 heteroatoms. The van der Waals surface area contributed by atoms with Crippen molar-refractivity contribution >= 4 is 0 Å². The van der Waals surface area contributed by atoms with Crippen LogP contribution in [-0.2, 0) is 6.42 Å². The highest BCUT2D eigenvalue weighted by Crippen LogP contribution is 2.06. The Hall–Kier alpha value is -0.930. The van der Waals surface area contributed by atoms with Gasteiger partial charge in [0.25, 0.3) is 0 Å². The van der Waals surface area contributed by atoms with Gasteiger partial charge in [-0.1, -0.05) is 0 Å². The van der Waals surface area contributed by atoms with Gasteiger partial charge in [0.2, 0.25) is 0 Å². The molecule has 1 rings (SSSR count). The minimum atomic E-state index is 0.452. The molecule has 72 valence electrons. The van der Waals surface area contributed by atoms with Crippen molar-refractivity contribution in [1.82, 2.24) is 4.98 Å². The van der Waals surface area contributed by atoms with Crippen LogP contribution in [0.25, 0.3) is 0 Å². The molecule has 1 aromatic heterocycles. The van der Waals surface area contributed by atoms with Gasteiger partial charge in [-0.15, -0.1) is 0 Å². The molecule has 0 aliphatic rings. The van der Waals surface area contributed by atoms with Crippen LogP contribution in [0.3, 0.4) is 0 Å². The van der Waals surface area contributed by atoms with E-state index in [-0.39, 0.29) is 0 Å². The Morgan fingerprint density at radius 1 is 1.15 bits per heavy atom.